The summed E-state index contributed by atoms with van der Waals surface area (Å²) in [7, 11) is 0. The van der Waals surface area contributed by atoms with E-state index in [4.69, 9.17) is 0 Å². The molecule has 0 aromatic heterocycles. The summed E-state index contributed by atoms with van der Waals surface area (Å²) in [5.41, 5.74) is 1.37. The fourth-order valence-electron chi connectivity index (χ4n) is 0.745. The number of allylic oxidation sites excluding steroid dienone is 3. The number of hydrogen-bond acceptors (Lipinski definition) is 0. The normalized spacial score (nSPS) is 9.50. The van der Waals surface area contributed by atoms with E-state index in [0.29, 0.717) is 0 Å². The summed E-state index contributed by atoms with van der Waals surface area (Å²) in [4.78, 5) is 0. The largest absolute Gasteiger partial charge is 0.0988 e. The summed E-state index contributed by atoms with van der Waals surface area (Å²) in [5.74, 6) is 0. The van der Waals surface area contributed by atoms with Gasteiger partial charge in [-0.1, -0.05) is 84.6 Å². The molecule has 0 aliphatic rings. The highest BCUT2D eigenvalue weighted by Gasteiger charge is 1.86. The van der Waals surface area contributed by atoms with Crippen molar-refractivity contribution >= 4 is 0 Å². The molecule has 0 heterocycles. The predicted molar refractivity (Wildman–Crippen MR) is 80.0 cm³/mol. The Labute approximate surface area is 105 Å². The molecular weight excluding hydrogens is 192 g/mol. The molecule has 0 spiro atoms. The second kappa shape index (κ2) is 24.0. The summed E-state index contributed by atoms with van der Waals surface area (Å²) in [6, 6.07) is 0. The second-order valence-electron chi connectivity index (χ2n) is 3.88. The Morgan fingerprint density at radius 1 is 0.938 bits per heavy atom. The van der Waals surface area contributed by atoms with Crippen LogP contribution in [0.25, 0.3) is 0 Å². The molecule has 0 saturated carbocycles. The maximum Gasteiger partial charge on any atom is -0.0282 e. The Kier molecular flexibility index (Phi) is 31.2. The molecule has 0 amide bonds. The maximum absolute atomic E-state index is 3.72. The minimum atomic E-state index is 1.19. The van der Waals surface area contributed by atoms with Gasteiger partial charge in [-0.15, -0.1) is 0 Å². The van der Waals surface area contributed by atoms with E-state index in [1.54, 1.807) is 0 Å². The van der Waals surface area contributed by atoms with Crippen molar-refractivity contribution in [3.05, 3.63) is 24.3 Å². The molecule has 0 fully saturated rings. The van der Waals surface area contributed by atoms with E-state index in [0.717, 1.165) is 0 Å². The molecule has 0 aromatic carbocycles. The molecular formula is C16H34. The Morgan fingerprint density at radius 2 is 1.38 bits per heavy atom. The van der Waals surface area contributed by atoms with Gasteiger partial charge in [0.1, 0.15) is 0 Å². The SMILES string of the molecule is C=C/C(=C\C)CCCC.CCC.CCCC. The number of hydrogen-bond donors (Lipinski definition) is 0. The molecule has 98 valence electrons. The highest BCUT2D eigenvalue weighted by Crippen LogP contribution is 2.06. The van der Waals surface area contributed by atoms with Gasteiger partial charge in [0.05, 0.1) is 0 Å². The molecule has 0 N–H and O–H groups in total. The van der Waals surface area contributed by atoms with Crippen molar-refractivity contribution in [3.63, 3.8) is 0 Å². The van der Waals surface area contributed by atoms with Gasteiger partial charge in [-0.3, -0.25) is 0 Å². The van der Waals surface area contributed by atoms with E-state index in [1.807, 2.05) is 6.08 Å². The molecule has 0 bridgehead atoms. The van der Waals surface area contributed by atoms with E-state index in [-0.39, 0.29) is 0 Å². The van der Waals surface area contributed by atoms with Gasteiger partial charge in [0.25, 0.3) is 0 Å². The second-order valence-corrected chi connectivity index (χ2v) is 3.88. The first-order chi connectivity index (χ1) is 7.67. The maximum atomic E-state index is 3.72. The average molecular weight is 226 g/mol. The van der Waals surface area contributed by atoms with Gasteiger partial charge in [-0.05, 0) is 19.8 Å². The Balaban J connectivity index is -0.000000201. The van der Waals surface area contributed by atoms with Crippen LogP contribution in [0.4, 0.5) is 0 Å². The smallest absolute Gasteiger partial charge is 0.0282 e. The molecule has 0 atom stereocenters. The van der Waals surface area contributed by atoms with E-state index >= 15 is 0 Å². The van der Waals surface area contributed by atoms with Gasteiger partial charge in [-0.2, -0.15) is 0 Å². The lowest BCUT2D eigenvalue weighted by atomic mass is 10.1. The zero-order valence-corrected chi connectivity index (χ0v) is 12.6. The van der Waals surface area contributed by atoms with E-state index in [1.165, 1.54) is 44.1 Å². The van der Waals surface area contributed by atoms with Crippen LogP contribution >= 0.6 is 0 Å². The van der Waals surface area contributed by atoms with Crippen molar-refractivity contribution in [2.75, 3.05) is 0 Å². The fourth-order valence-corrected chi connectivity index (χ4v) is 0.745. The van der Waals surface area contributed by atoms with Crippen LogP contribution in [0.3, 0.4) is 0 Å². The zero-order chi connectivity index (χ0) is 13.2. The first-order valence-corrected chi connectivity index (χ1v) is 6.95. The number of rotatable bonds is 5. The van der Waals surface area contributed by atoms with Crippen molar-refractivity contribution in [2.45, 2.75) is 80.1 Å². The van der Waals surface area contributed by atoms with Gasteiger partial charge in [0.2, 0.25) is 0 Å². The van der Waals surface area contributed by atoms with Crippen molar-refractivity contribution in [3.8, 4) is 0 Å². The van der Waals surface area contributed by atoms with Gasteiger partial charge < -0.3 is 0 Å². The monoisotopic (exact) mass is 226 g/mol. The highest BCUT2D eigenvalue weighted by atomic mass is 13.9. The van der Waals surface area contributed by atoms with E-state index in [9.17, 15) is 0 Å². The third-order valence-electron chi connectivity index (χ3n) is 1.95. The summed E-state index contributed by atoms with van der Waals surface area (Å²) in [6.07, 6.45) is 11.7. The number of unbranched alkanes of at least 4 members (excludes halogenated alkanes) is 2. The molecule has 16 heavy (non-hydrogen) atoms. The topological polar surface area (TPSA) is 0 Å². The van der Waals surface area contributed by atoms with E-state index < -0.39 is 0 Å². The van der Waals surface area contributed by atoms with Crippen LogP contribution in [0.1, 0.15) is 80.1 Å². The van der Waals surface area contributed by atoms with Crippen LogP contribution in [-0.2, 0) is 0 Å². The molecule has 0 unspecified atom stereocenters. The molecule has 0 rings (SSSR count). The van der Waals surface area contributed by atoms with Crippen LogP contribution in [0.5, 0.6) is 0 Å². The van der Waals surface area contributed by atoms with Crippen molar-refractivity contribution in [2.24, 2.45) is 0 Å². The first kappa shape index (κ1) is 20.8. The molecule has 0 saturated heterocycles. The lowest BCUT2D eigenvalue weighted by molar-refractivity contribution is 0.797. The molecule has 0 aliphatic heterocycles. The summed E-state index contributed by atoms with van der Waals surface area (Å²) < 4.78 is 0. The molecule has 0 heteroatoms. The van der Waals surface area contributed by atoms with Crippen LogP contribution in [0, 0.1) is 0 Å². The molecule has 0 aliphatic carbocycles. The van der Waals surface area contributed by atoms with E-state index in [2.05, 4.69) is 54.2 Å². The van der Waals surface area contributed by atoms with Crippen LogP contribution in [0.2, 0.25) is 0 Å². The standard InChI is InChI=1S/C9H16.C4H10.C3H8/c1-4-7-8-9(5-2)6-3;1-3-4-2;1-3-2/h5-6H,2,4,7-8H2,1,3H3;3-4H2,1-2H3;3H2,1-2H3/b9-6+;;. The minimum absolute atomic E-state index is 1.19. The van der Waals surface area contributed by atoms with Gasteiger partial charge in [-0.25, -0.2) is 0 Å². The van der Waals surface area contributed by atoms with Crippen molar-refractivity contribution < 1.29 is 0 Å². The Hall–Kier alpha value is -0.520. The lowest BCUT2D eigenvalue weighted by Crippen LogP contribution is -1.76. The summed E-state index contributed by atoms with van der Waals surface area (Å²) >= 11 is 0. The average Bonchev–Trinajstić information content (AvgIpc) is 2.32. The minimum Gasteiger partial charge on any atom is -0.0988 e. The fraction of sp³-hybridized carbons (Fsp3) is 0.750. The zero-order valence-electron chi connectivity index (χ0n) is 12.6. The lowest BCUT2D eigenvalue weighted by Gasteiger charge is -1.96. The third kappa shape index (κ3) is 29.2. The van der Waals surface area contributed by atoms with Crippen molar-refractivity contribution in [1.29, 1.82) is 0 Å². The van der Waals surface area contributed by atoms with Crippen molar-refractivity contribution in [1.82, 2.24) is 0 Å². The van der Waals surface area contributed by atoms with Gasteiger partial charge in [0, 0.05) is 0 Å². The molecule has 0 nitrogen and oxygen atoms in total. The van der Waals surface area contributed by atoms with Gasteiger partial charge >= 0.3 is 0 Å². The summed E-state index contributed by atoms with van der Waals surface area (Å²) in [5, 5.41) is 0. The van der Waals surface area contributed by atoms with Crippen LogP contribution in [0.15, 0.2) is 24.3 Å². The predicted octanol–water partition coefficient (Wildman–Crippen LogP) is 6.53. The molecule has 0 radical (unpaired) electrons. The van der Waals surface area contributed by atoms with Gasteiger partial charge in [0.15, 0.2) is 0 Å². The quantitative estimate of drug-likeness (QED) is 0.467. The van der Waals surface area contributed by atoms with Crippen LogP contribution in [-0.4, -0.2) is 0 Å². The Morgan fingerprint density at radius 3 is 1.56 bits per heavy atom. The Bertz CT molecular complexity index is 129. The van der Waals surface area contributed by atoms with Crippen LogP contribution < -0.4 is 0 Å². The molecule has 0 aromatic rings. The summed E-state index contributed by atoms with van der Waals surface area (Å²) in [6.45, 7) is 16.6. The first-order valence-electron chi connectivity index (χ1n) is 6.95. The third-order valence-corrected chi connectivity index (χ3v) is 1.95. The highest BCUT2D eigenvalue weighted by molar-refractivity contribution is 5.14.